The maximum Gasteiger partial charge on any atom is 0.416 e. The van der Waals surface area contributed by atoms with Crippen LogP contribution in [0.25, 0.3) is 0 Å². The highest BCUT2D eigenvalue weighted by Gasteiger charge is 2.30. The highest BCUT2D eigenvalue weighted by Crippen LogP contribution is 2.29. The number of amides is 2. The number of carbonyl (C=O) groups excluding carboxylic acids is 2. The SMILES string of the molecule is NN(S)C(=O)C(=O)Nc1ccc(C(F)(F)F)cc1. The highest BCUT2D eigenvalue weighted by molar-refractivity contribution is 7.78. The molecule has 0 fully saturated rings. The number of alkyl halides is 3. The Morgan fingerprint density at radius 3 is 2.11 bits per heavy atom. The lowest BCUT2D eigenvalue weighted by Crippen LogP contribution is -2.37. The van der Waals surface area contributed by atoms with Crippen LogP contribution in [0.3, 0.4) is 0 Å². The monoisotopic (exact) mass is 279 g/mol. The van der Waals surface area contributed by atoms with E-state index in [1.165, 1.54) is 0 Å². The first-order chi connectivity index (χ1) is 8.21. The van der Waals surface area contributed by atoms with Gasteiger partial charge in [0, 0.05) is 5.69 Å². The minimum Gasteiger partial charge on any atom is -0.318 e. The molecule has 0 saturated carbocycles. The van der Waals surface area contributed by atoms with Gasteiger partial charge in [0.15, 0.2) is 0 Å². The first-order valence-corrected chi connectivity index (χ1v) is 4.88. The second kappa shape index (κ2) is 5.27. The molecule has 2 amide bonds. The number of carbonyl (C=O) groups is 2. The van der Waals surface area contributed by atoms with E-state index in [9.17, 15) is 22.8 Å². The van der Waals surface area contributed by atoms with Gasteiger partial charge in [0.05, 0.1) is 5.56 Å². The lowest BCUT2D eigenvalue weighted by molar-refractivity contribution is -0.139. The first-order valence-electron chi connectivity index (χ1n) is 4.48. The van der Waals surface area contributed by atoms with E-state index in [1.54, 1.807) is 0 Å². The number of hydrogen-bond donors (Lipinski definition) is 3. The molecule has 0 heterocycles. The van der Waals surface area contributed by atoms with Crippen LogP contribution in [0.15, 0.2) is 24.3 Å². The summed E-state index contributed by atoms with van der Waals surface area (Å²) in [6.07, 6.45) is -4.46. The van der Waals surface area contributed by atoms with E-state index in [0.29, 0.717) is 0 Å². The Kier molecular flexibility index (Phi) is 4.19. The molecule has 0 aliphatic heterocycles. The van der Waals surface area contributed by atoms with Crippen molar-refractivity contribution >= 4 is 30.3 Å². The molecule has 3 N–H and O–H groups in total. The molecule has 5 nitrogen and oxygen atoms in total. The fourth-order valence-electron chi connectivity index (χ4n) is 1.03. The molecule has 98 valence electrons. The van der Waals surface area contributed by atoms with Gasteiger partial charge in [-0.05, 0) is 37.1 Å². The second-order valence-corrected chi connectivity index (χ2v) is 3.61. The Morgan fingerprint density at radius 2 is 1.72 bits per heavy atom. The zero-order valence-corrected chi connectivity index (χ0v) is 9.63. The number of nitrogens with two attached hydrogens (primary N) is 1. The van der Waals surface area contributed by atoms with Crippen LogP contribution in [0.5, 0.6) is 0 Å². The van der Waals surface area contributed by atoms with Crippen LogP contribution in [0.1, 0.15) is 5.56 Å². The van der Waals surface area contributed by atoms with Crippen molar-refractivity contribution in [2.75, 3.05) is 5.32 Å². The summed E-state index contributed by atoms with van der Waals surface area (Å²) in [6.45, 7) is 0. The maximum absolute atomic E-state index is 12.2. The zero-order valence-electron chi connectivity index (χ0n) is 8.73. The van der Waals surface area contributed by atoms with Gasteiger partial charge in [-0.3, -0.25) is 9.59 Å². The quantitative estimate of drug-likeness (QED) is 0.238. The molecule has 9 heteroatoms. The van der Waals surface area contributed by atoms with Gasteiger partial charge in [0.25, 0.3) is 0 Å². The van der Waals surface area contributed by atoms with Gasteiger partial charge in [-0.25, -0.2) is 10.3 Å². The first kappa shape index (κ1) is 14.3. The Bertz CT molecular complexity index is 459. The molecule has 1 rings (SSSR count). The van der Waals surface area contributed by atoms with E-state index in [2.05, 4.69) is 18.1 Å². The second-order valence-electron chi connectivity index (χ2n) is 3.18. The van der Waals surface area contributed by atoms with Crippen LogP contribution in [0.2, 0.25) is 0 Å². The van der Waals surface area contributed by atoms with Gasteiger partial charge in [-0.15, -0.1) is 0 Å². The third-order valence-electron chi connectivity index (χ3n) is 1.87. The van der Waals surface area contributed by atoms with Gasteiger partial charge in [-0.2, -0.15) is 13.2 Å². The average molecular weight is 279 g/mol. The van der Waals surface area contributed by atoms with Crippen LogP contribution >= 0.6 is 12.8 Å². The molecular weight excluding hydrogens is 271 g/mol. The molecule has 0 spiro atoms. The number of anilines is 1. The number of hydrazine groups is 1. The predicted molar refractivity (Wildman–Crippen MR) is 60.1 cm³/mol. The van der Waals surface area contributed by atoms with Crippen molar-refractivity contribution < 1.29 is 22.8 Å². The summed E-state index contributed by atoms with van der Waals surface area (Å²) >= 11 is 3.40. The van der Waals surface area contributed by atoms with Crippen molar-refractivity contribution in [2.45, 2.75) is 6.18 Å². The number of thiol groups is 1. The molecule has 0 aromatic heterocycles. The Labute approximate surface area is 105 Å². The fraction of sp³-hybridized carbons (Fsp3) is 0.111. The van der Waals surface area contributed by atoms with Gasteiger partial charge >= 0.3 is 18.0 Å². The smallest absolute Gasteiger partial charge is 0.318 e. The lowest BCUT2D eigenvalue weighted by Gasteiger charge is -2.10. The maximum atomic E-state index is 12.2. The van der Waals surface area contributed by atoms with Gasteiger partial charge in [-0.1, -0.05) is 0 Å². The summed E-state index contributed by atoms with van der Waals surface area (Å²) in [5.74, 6) is 2.67. The fourth-order valence-corrected chi connectivity index (χ4v) is 1.12. The third kappa shape index (κ3) is 3.64. The summed E-state index contributed by atoms with van der Waals surface area (Å²) in [6, 6.07) is 3.60. The zero-order chi connectivity index (χ0) is 13.9. The topological polar surface area (TPSA) is 75.4 Å². The molecule has 1 aromatic rings. The van der Waals surface area contributed by atoms with E-state index >= 15 is 0 Å². The molecule has 18 heavy (non-hydrogen) atoms. The van der Waals surface area contributed by atoms with E-state index in [0.717, 1.165) is 24.3 Å². The molecule has 0 aliphatic carbocycles. The minimum absolute atomic E-state index is 0.0385. The standard InChI is InChI=1S/C9H8F3N3O2S/c10-9(11,12)5-1-3-6(4-2-5)14-7(16)8(17)15(13)18/h1-4,18H,13H2,(H,14,16). The molecule has 0 bridgehead atoms. The van der Waals surface area contributed by atoms with Crippen LogP contribution < -0.4 is 11.2 Å². The molecule has 0 aliphatic rings. The van der Waals surface area contributed by atoms with Crippen LogP contribution in [0.4, 0.5) is 18.9 Å². The van der Waals surface area contributed by atoms with Crippen molar-refractivity contribution in [3.8, 4) is 0 Å². The molecule has 1 aromatic carbocycles. The normalized spacial score (nSPS) is 10.9. The van der Waals surface area contributed by atoms with Gasteiger partial charge < -0.3 is 5.32 Å². The predicted octanol–water partition coefficient (Wildman–Crippen LogP) is 1.19. The summed E-state index contributed by atoms with van der Waals surface area (Å²) in [7, 11) is 0. The van der Waals surface area contributed by atoms with Gasteiger partial charge in [0.2, 0.25) is 0 Å². The van der Waals surface area contributed by atoms with Crippen molar-refractivity contribution in [1.29, 1.82) is 0 Å². The minimum atomic E-state index is -4.46. The number of halogens is 3. The molecular formula is C9H8F3N3O2S. The van der Waals surface area contributed by atoms with Crippen molar-refractivity contribution in [3.63, 3.8) is 0 Å². The Balaban J connectivity index is 2.76. The third-order valence-corrected chi connectivity index (χ3v) is 2.05. The highest BCUT2D eigenvalue weighted by atomic mass is 32.1. The largest absolute Gasteiger partial charge is 0.416 e. The van der Waals surface area contributed by atoms with Crippen LogP contribution in [0, 0.1) is 0 Å². The van der Waals surface area contributed by atoms with Crippen molar-refractivity contribution in [1.82, 2.24) is 4.41 Å². The summed E-state index contributed by atoms with van der Waals surface area (Å²) in [5.41, 5.74) is -0.821. The van der Waals surface area contributed by atoms with E-state index in [-0.39, 0.29) is 10.1 Å². The number of benzene rings is 1. The number of nitrogens with one attached hydrogen (secondary N) is 1. The summed E-state index contributed by atoms with van der Waals surface area (Å²) in [4.78, 5) is 22.2. The molecule has 0 unspecified atom stereocenters. The number of hydrogen-bond acceptors (Lipinski definition) is 4. The van der Waals surface area contributed by atoms with Crippen LogP contribution in [-0.2, 0) is 15.8 Å². The molecule has 0 radical (unpaired) electrons. The number of nitrogens with zero attached hydrogens (tertiary/aromatic N) is 1. The van der Waals surface area contributed by atoms with E-state index in [1.807, 2.05) is 0 Å². The number of rotatable bonds is 1. The molecule has 0 atom stereocenters. The Hall–Kier alpha value is -1.74. The van der Waals surface area contributed by atoms with E-state index < -0.39 is 23.6 Å². The van der Waals surface area contributed by atoms with Gasteiger partial charge in [0.1, 0.15) is 0 Å². The molecule has 0 saturated heterocycles. The Morgan fingerprint density at radius 1 is 1.22 bits per heavy atom. The lowest BCUT2D eigenvalue weighted by atomic mass is 10.2. The summed E-state index contributed by atoms with van der Waals surface area (Å²) < 4.78 is 37.0. The van der Waals surface area contributed by atoms with Crippen molar-refractivity contribution in [3.05, 3.63) is 29.8 Å². The van der Waals surface area contributed by atoms with E-state index in [4.69, 9.17) is 5.84 Å². The van der Waals surface area contributed by atoms with Crippen molar-refractivity contribution in [2.24, 2.45) is 5.84 Å². The van der Waals surface area contributed by atoms with Crippen LogP contribution in [-0.4, -0.2) is 16.2 Å². The average Bonchev–Trinajstić information content (AvgIpc) is 2.27. The summed E-state index contributed by atoms with van der Waals surface area (Å²) in [5, 5.41) is 2.08.